The summed E-state index contributed by atoms with van der Waals surface area (Å²) in [5.41, 5.74) is 2.52. The Balaban J connectivity index is 1.82. The Morgan fingerprint density at radius 2 is 1.95 bits per heavy atom. The summed E-state index contributed by atoms with van der Waals surface area (Å²) in [5, 5.41) is 3.50. The van der Waals surface area contributed by atoms with E-state index in [1.807, 2.05) is 24.4 Å². The normalized spacial score (nSPS) is 12.1. The Labute approximate surface area is 114 Å². The number of rotatable bonds is 6. The highest BCUT2D eigenvalue weighted by molar-refractivity contribution is 5.27. The van der Waals surface area contributed by atoms with E-state index in [0.29, 0.717) is 6.04 Å². The molecular weight excluding hydrogens is 236 g/mol. The van der Waals surface area contributed by atoms with Crippen LogP contribution in [0.4, 0.5) is 0 Å². The zero-order chi connectivity index (χ0) is 13.5. The molecule has 100 valence electrons. The predicted octanol–water partition coefficient (Wildman–Crippen LogP) is 2.81. The van der Waals surface area contributed by atoms with E-state index >= 15 is 0 Å². The van der Waals surface area contributed by atoms with E-state index in [1.165, 1.54) is 11.1 Å². The topological polar surface area (TPSA) is 34.1 Å². The molecule has 1 aromatic carbocycles. The van der Waals surface area contributed by atoms with E-state index in [9.17, 15) is 0 Å². The summed E-state index contributed by atoms with van der Waals surface area (Å²) in [7, 11) is 1.69. The fourth-order valence-electron chi connectivity index (χ4n) is 1.98. The molecule has 0 aliphatic rings. The minimum Gasteiger partial charge on any atom is -0.497 e. The van der Waals surface area contributed by atoms with Crippen LogP contribution in [0.2, 0.25) is 0 Å². The SMILES string of the molecule is COc1ccc(C[C@H](C)NCc2cccnc2)cc1. The molecule has 1 aromatic heterocycles. The average Bonchev–Trinajstić information content (AvgIpc) is 2.47. The third-order valence-corrected chi connectivity index (χ3v) is 3.08. The number of nitrogens with zero attached hydrogens (tertiary/aromatic N) is 1. The van der Waals surface area contributed by atoms with Gasteiger partial charge in [0.15, 0.2) is 0 Å². The number of aromatic nitrogens is 1. The van der Waals surface area contributed by atoms with Gasteiger partial charge in [0.2, 0.25) is 0 Å². The fraction of sp³-hybridized carbons (Fsp3) is 0.312. The summed E-state index contributed by atoms with van der Waals surface area (Å²) in [5.74, 6) is 0.903. The zero-order valence-corrected chi connectivity index (χ0v) is 11.5. The molecule has 1 N–H and O–H groups in total. The van der Waals surface area contributed by atoms with Gasteiger partial charge in [-0.3, -0.25) is 4.98 Å². The molecule has 0 spiro atoms. The summed E-state index contributed by atoms with van der Waals surface area (Å²) in [6, 6.07) is 12.7. The van der Waals surface area contributed by atoms with Crippen molar-refractivity contribution in [2.24, 2.45) is 0 Å². The molecule has 0 saturated carbocycles. The van der Waals surface area contributed by atoms with Crippen LogP contribution in [0.3, 0.4) is 0 Å². The molecule has 19 heavy (non-hydrogen) atoms. The number of hydrogen-bond acceptors (Lipinski definition) is 3. The molecule has 0 saturated heterocycles. The molecule has 0 amide bonds. The van der Waals surface area contributed by atoms with Crippen LogP contribution in [0.5, 0.6) is 5.75 Å². The van der Waals surface area contributed by atoms with Crippen molar-refractivity contribution >= 4 is 0 Å². The predicted molar refractivity (Wildman–Crippen MR) is 77.2 cm³/mol. The molecule has 1 atom stereocenters. The number of hydrogen-bond donors (Lipinski definition) is 1. The summed E-state index contributed by atoms with van der Waals surface area (Å²) in [6.45, 7) is 3.05. The second-order valence-electron chi connectivity index (χ2n) is 4.70. The third kappa shape index (κ3) is 4.38. The molecule has 3 heteroatoms. The van der Waals surface area contributed by atoms with Gasteiger partial charge in [-0.15, -0.1) is 0 Å². The molecule has 0 bridgehead atoms. The lowest BCUT2D eigenvalue weighted by Crippen LogP contribution is -2.27. The van der Waals surface area contributed by atoms with Gasteiger partial charge < -0.3 is 10.1 Å². The number of methoxy groups -OCH3 is 1. The first-order valence-corrected chi connectivity index (χ1v) is 6.53. The van der Waals surface area contributed by atoms with Crippen LogP contribution in [-0.4, -0.2) is 18.1 Å². The highest BCUT2D eigenvalue weighted by Gasteiger charge is 2.03. The van der Waals surface area contributed by atoms with Crippen LogP contribution >= 0.6 is 0 Å². The van der Waals surface area contributed by atoms with Crippen LogP contribution in [0.15, 0.2) is 48.8 Å². The lowest BCUT2D eigenvalue weighted by molar-refractivity contribution is 0.414. The summed E-state index contributed by atoms with van der Waals surface area (Å²) in [4.78, 5) is 4.11. The van der Waals surface area contributed by atoms with Crippen molar-refractivity contribution in [3.8, 4) is 5.75 Å². The van der Waals surface area contributed by atoms with Crippen molar-refractivity contribution in [1.29, 1.82) is 0 Å². The number of pyridine rings is 1. The average molecular weight is 256 g/mol. The van der Waals surface area contributed by atoms with E-state index < -0.39 is 0 Å². The molecule has 0 unspecified atom stereocenters. The Bertz CT molecular complexity index is 482. The van der Waals surface area contributed by atoms with Crippen molar-refractivity contribution in [3.05, 3.63) is 59.9 Å². The second-order valence-corrected chi connectivity index (χ2v) is 4.70. The van der Waals surface area contributed by atoms with Gasteiger partial charge in [-0.1, -0.05) is 18.2 Å². The zero-order valence-electron chi connectivity index (χ0n) is 11.5. The van der Waals surface area contributed by atoms with E-state index in [1.54, 1.807) is 13.3 Å². The maximum absolute atomic E-state index is 5.16. The van der Waals surface area contributed by atoms with Crippen molar-refractivity contribution in [1.82, 2.24) is 10.3 Å². The summed E-state index contributed by atoms with van der Waals surface area (Å²) < 4.78 is 5.16. The standard InChI is InChI=1S/C16H20N2O/c1-13(18-12-15-4-3-9-17-11-15)10-14-5-7-16(19-2)8-6-14/h3-9,11,13,18H,10,12H2,1-2H3/t13-/m0/s1. The minimum atomic E-state index is 0.425. The molecular formula is C16H20N2O. The smallest absolute Gasteiger partial charge is 0.118 e. The Morgan fingerprint density at radius 1 is 1.16 bits per heavy atom. The maximum Gasteiger partial charge on any atom is 0.118 e. The summed E-state index contributed by atoms with van der Waals surface area (Å²) in [6.07, 6.45) is 4.70. The first-order chi connectivity index (χ1) is 9.28. The Kier molecular flexibility index (Phi) is 4.93. The van der Waals surface area contributed by atoms with E-state index in [-0.39, 0.29) is 0 Å². The third-order valence-electron chi connectivity index (χ3n) is 3.08. The Hall–Kier alpha value is -1.87. The Morgan fingerprint density at radius 3 is 2.58 bits per heavy atom. The molecule has 3 nitrogen and oxygen atoms in total. The van der Waals surface area contributed by atoms with Gasteiger partial charge in [0.1, 0.15) is 5.75 Å². The van der Waals surface area contributed by atoms with Crippen LogP contribution in [0, 0.1) is 0 Å². The molecule has 0 aliphatic carbocycles. The van der Waals surface area contributed by atoms with Gasteiger partial charge in [0.05, 0.1) is 7.11 Å². The van der Waals surface area contributed by atoms with Crippen molar-refractivity contribution in [2.75, 3.05) is 7.11 Å². The molecule has 0 aliphatic heterocycles. The van der Waals surface area contributed by atoms with Crippen LogP contribution in [0.1, 0.15) is 18.1 Å². The van der Waals surface area contributed by atoms with Crippen LogP contribution in [-0.2, 0) is 13.0 Å². The van der Waals surface area contributed by atoms with Crippen molar-refractivity contribution < 1.29 is 4.74 Å². The van der Waals surface area contributed by atoms with Crippen molar-refractivity contribution in [3.63, 3.8) is 0 Å². The number of ether oxygens (including phenoxy) is 1. The first-order valence-electron chi connectivity index (χ1n) is 6.53. The van der Waals surface area contributed by atoms with Gasteiger partial charge in [-0.05, 0) is 42.7 Å². The van der Waals surface area contributed by atoms with E-state index in [4.69, 9.17) is 4.74 Å². The van der Waals surface area contributed by atoms with E-state index in [0.717, 1.165) is 18.7 Å². The lowest BCUT2D eigenvalue weighted by Gasteiger charge is -2.14. The second kappa shape index (κ2) is 6.90. The minimum absolute atomic E-state index is 0.425. The highest BCUT2D eigenvalue weighted by Crippen LogP contribution is 2.12. The molecule has 1 heterocycles. The van der Waals surface area contributed by atoms with Gasteiger partial charge in [0, 0.05) is 25.0 Å². The van der Waals surface area contributed by atoms with Gasteiger partial charge in [-0.25, -0.2) is 0 Å². The monoisotopic (exact) mass is 256 g/mol. The first kappa shape index (κ1) is 13.6. The molecule has 0 fully saturated rings. The van der Waals surface area contributed by atoms with Gasteiger partial charge in [-0.2, -0.15) is 0 Å². The fourth-order valence-corrected chi connectivity index (χ4v) is 1.98. The quantitative estimate of drug-likeness (QED) is 0.863. The highest BCUT2D eigenvalue weighted by atomic mass is 16.5. The number of nitrogens with one attached hydrogen (secondary N) is 1. The number of benzene rings is 1. The summed E-state index contributed by atoms with van der Waals surface area (Å²) >= 11 is 0. The largest absolute Gasteiger partial charge is 0.497 e. The van der Waals surface area contributed by atoms with E-state index in [2.05, 4.69) is 35.4 Å². The molecule has 2 rings (SSSR count). The van der Waals surface area contributed by atoms with Gasteiger partial charge in [0.25, 0.3) is 0 Å². The van der Waals surface area contributed by atoms with Crippen LogP contribution < -0.4 is 10.1 Å². The lowest BCUT2D eigenvalue weighted by atomic mass is 10.1. The van der Waals surface area contributed by atoms with Gasteiger partial charge >= 0.3 is 0 Å². The molecule has 2 aromatic rings. The van der Waals surface area contributed by atoms with Crippen molar-refractivity contribution in [2.45, 2.75) is 25.9 Å². The van der Waals surface area contributed by atoms with Crippen LogP contribution in [0.25, 0.3) is 0 Å². The molecule has 0 radical (unpaired) electrons. The maximum atomic E-state index is 5.16.